The summed E-state index contributed by atoms with van der Waals surface area (Å²) in [6.45, 7) is 3.70. The van der Waals surface area contributed by atoms with Crippen LogP contribution < -0.4 is 14.8 Å². The third-order valence-electron chi connectivity index (χ3n) is 3.55. The molecule has 1 amide bonds. The standard InChI is InChI=1S/C16H19N3O4/c1-10-5-14-15(23-4-3-22-14)7-13(10)16(20)17-8-11-6-12(9-21-2)19-18-11/h5-7H,3-4,8-9H2,1-2H3,(H,17,20)(H,18,19). The Balaban J connectivity index is 1.68. The van der Waals surface area contributed by atoms with Crippen LogP contribution in [0.5, 0.6) is 11.5 Å². The number of carbonyl (C=O) groups excluding carboxylic acids is 1. The second-order valence-corrected chi connectivity index (χ2v) is 5.31. The van der Waals surface area contributed by atoms with Crippen molar-refractivity contribution in [3.05, 3.63) is 40.7 Å². The smallest absolute Gasteiger partial charge is 0.252 e. The quantitative estimate of drug-likeness (QED) is 0.874. The zero-order chi connectivity index (χ0) is 16.2. The molecule has 0 unspecified atom stereocenters. The first-order valence-electron chi connectivity index (χ1n) is 7.38. The Morgan fingerprint density at radius 1 is 1.30 bits per heavy atom. The van der Waals surface area contributed by atoms with E-state index in [-0.39, 0.29) is 5.91 Å². The van der Waals surface area contributed by atoms with Gasteiger partial charge >= 0.3 is 0 Å². The molecule has 0 aliphatic carbocycles. The fourth-order valence-corrected chi connectivity index (χ4v) is 2.43. The molecule has 0 fully saturated rings. The Hall–Kier alpha value is -2.54. The van der Waals surface area contributed by atoms with Crippen molar-refractivity contribution in [2.75, 3.05) is 20.3 Å². The highest BCUT2D eigenvalue weighted by molar-refractivity contribution is 5.96. The van der Waals surface area contributed by atoms with Crippen molar-refractivity contribution in [1.82, 2.24) is 15.5 Å². The first-order valence-corrected chi connectivity index (χ1v) is 7.38. The Kier molecular flexibility index (Phi) is 4.47. The Morgan fingerprint density at radius 2 is 2.04 bits per heavy atom. The largest absolute Gasteiger partial charge is 0.486 e. The molecule has 3 rings (SSSR count). The number of ether oxygens (including phenoxy) is 3. The van der Waals surface area contributed by atoms with Crippen molar-refractivity contribution in [3.8, 4) is 11.5 Å². The van der Waals surface area contributed by atoms with E-state index < -0.39 is 0 Å². The second kappa shape index (κ2) is 6.70. The summed E-state index contributed by atoms with van der Waals surface area (Å²) >= 11 is 0. The van der Waals surface area contributed by atoms with Crippen LogP contribution in [-0.2, 0) is 17.9 Å². The predicted octanol–water partition coefficient (Wildman–Crippen LogP) is 1.57. The molecule has 0 saturated carbocycles. The summed E-state index contributed by atoms with van der Waals surface area (Å²) in [6.07, 6.45) is 0. The average molecular weight is 317 g/mol. The lowest BCUT2D eigenvalue weighted by Gasteiger charge is -2.20. The number of H-pyrrole nitrogens is 1. The minimum Gasteiger partial charge on any atom is -0.486 e. The van der Waals surface area contributed by atoms with Crippen molar-refractivity contribution in [2.45, 2.75) is 20.1 Å². The van der Waals surface area contributed by atoms with Gasteiger partial charge in [-0.2, -0.15) is 5.10 Å². The first kappa shape index (κ1) is 15.4. The van der Waals surface area contributed by atoms with E-state index in [1.165, 1.54) is 0 Å². The van der Waals surface area contributed by atoms with E-state index in [1.807, 2.05) is 19.1 Å². The van der Waals surface area contributed by atoms with Crippen molar-refractivity contribution in [2.24, 2.45) is 0 Å². The molecule has 0 bridgehead atoms. The van der Waals surface area contributed by atoms with Gasteiger partial charge in [-0.25, -0.2) is 0 Å². The monoisotopic (exact) mass is 317 g/mol. The van der Waals surface area contributed by atoms with Crippen LogP contribution in [0.25, 0.3) is 0 Å². The minimum atomic E-state index is -0.164. The highest BCUT2D eigenvalue weighted by Crippen LogP contribution is 2.32. The summed E-state index contributed by atoms with van der Waals surface area (Å²) in [5, 5.41) is 9.84. The molecule has 0 saturated heterocycles. The number of aromatic nitrogens is 2. The molecule has 1 aliphatic rings. The van der Waals surface area contributed by atoms with E-state index in [1.54, 1.807) is 13.2 Å². The van der Waals surface area contributed by atoms with Crippen molar-refractivity contribution in [1.29, 1.82) is 0 Å². The zero-order valence-electron chi connectivity index (χ0n) is 13.1. The number of nitrogens with one attached hydrogen (secondary N) is 2. The van der Waals surface area contributed by atoms with Gasteiger partial charge in [-0.1, -0.05) is 0 Å². The normalized spacial score (nSPS) is 13.0. The van der Waals surface area contributed by atoms with E-state index in [9.17, 15) is 4.79 Å². The summed E-state index contributed by atoms with van der Waals surface area (Å²) in [6, 6.07) is 5.42. The molecule has 0 radical (unpaired) electrons. The van der Waals surface area contributed by atoms with E-state index >= 15 is 0 Å². The molecule has 2 N–H and O–H groups in total. The highest BCUT2D eigenvalue weighted by atomic mass is 16.6. The number of nitrogens with zero attached hydrogens (tertiary/aromatic N) is 1. The molecule has 2 aromatic rings. The van der Waals surface area contributed by atoms with E-state index in [2.05, 4.69) is 15.5 Å². The van der Waals surface area contributed by atoms with Gasteiger partial charge in [0.2, 0.25) is 0 Å². The molecule has 7 heteroatoms. The van der Waals surface area contributed by atoms with Crippen LogP contribution >= 0.6 is 0 Å². The van der Waals surface area contributed by atoms with Gasteiger partial charge in [0.15, 0.2) is 11.5 Å². The summed E-state index contributed by atoms with van der Waals surface area (Å²) in [7, 11) is 1.61. The number of methoxy groups -OCH3 is 1. The van der Waals surface area contributed by atoms with Crippen molar-refractivity contribution >= 4 is 5.91 Å². The third kappa shape index (κ3) is 3.45. The molecule has 23 heavy (non-hydrogen) atoms. The van der Waals surface area contributed by atoms with Crippen molar-refractivity contribution < 1.29 is 19.0 Å². The summed E-state index contributed by atoms with van der Waals surface area (Å²) in [5.74, 6) is 1.13. The average Bonchev–Trinajstić information content (AvgIpc) is 3.00. The molecule has 0 atom stereocenters. The van der Waals surface area contributed by atoms with Gasteiger partial charge in [0.1, 0.15) is 13.2 Å². The lowest BCUT2D eigenvalue weighted by Crippen LogP contribution is -2.24. The molecular formula is C16H19N3O4. The van der Waals surface area contributed by atoms with Gasteiger partial charge in [-0.15, -0.1) is 0 Å². The molecule has 1 aromatic carbocycles. The number of amides is 1. The lowest BCUT2D eigenvalue weighted by molar-refractivity contribution is 0.0948. The SMILES string of the molecule is COCc1cc(CNC(=O)c2cc3c(cc2C)OCCO3)[nH]n1. The molecule has 1 aliphatic heterocycles. The Labute approximate surface area is 133 Å². The topological polar surface area (TPSA) is 85.5 Å². The van der Waals surface area contributed by atoms with E-state index in [0.717, 1.165) is 17.0 Å². The summed E-state index contributed by atoms with van der Waals surface area (Å²) < 4.78 is 16.0. The van der Waals surface area contributed by atoms with Gasteiger partial charge in [-0.3, -0.25) is 9.89 Å². The molecule has 1 aromatic heterocycles. The number of hydrogen-bond donors (Lipinski definition) is 2. The second-order valence-electron chi connectivity index (χ2n) is 5.31. The fraction of sp³-hybridized carbons (Fsp3) is 0.375. The number of aromatic amines is 1. The number of aryl methyl sites for hydroxylation is 1. The van der Waals surface area contributed by atoms with Gasteiger partial charge < -0.3 is 19.5 Å². The van der Waals surface area contributed by atoms with Gasteiger partial charge in [0, 0.05) is 12.7 Å². The molecule has 7 nitrogen and oxygen atoms in total. The number of fused-ring (bicyclic) bond motifs is 1. The number of rotatable bonds is 5. The molecule has 0 spiro atoms. The van der Waals surface area contributed by atoms with Crippen LogP contribution in [0.15, 0.2) is 18.2 Å². The number of hydrogen-bond acceptors (Lipinski definition) is 5. The Bertz CT molecular complexity index is 711. The lowest BCUT2D eigenvalue weighted by atomic mass is 10.1. The van der Waals surface area contributed by atoms with Crippen LogP contribution in [-0.4, -0.2) is 36.4 Å². The third-order valence-corrected chi connectivity index (χ3v) is 3.55. The van der Waals surface area contributed by atoms with Crippen LogP contribution in [0.4, 0.5) is 0 Å². The summed E-state index contributed by atoms with van der Waals surface area (Å²) in [5.41, 5.74) is 3.04. The predicted molar refractivity (Wildman–Crippen MR) is 82.6 cm³/mol. The van der Waals surface area contributed by atoms with Crippen LogP contribution in [0, 0.1) is 6.92 Å². The van der Waals surface area contributed by atoms with E-state index in [4.69, 9.17) is 14.2 Å². The molecule has 2 heterocycles. The molecular weight excluding hydrogens is 298 g/mol. The maximum absolute atomic E-state index is 12.4. The highest BCUT2D eigenvalue weighted by Gasteiger charge is 2.18. The van der Waals surface area contributed by atoms with Gasteiger partial charge in [0.25, 0.3) is 5.91 Å². The summed E-state index contributed by atoms with van der Waals surface area (Å²) in [4.78, 5) is 12.4. The van der Waals surface area contributed by atoms with Crippen LogP contribution in [0.3, 0.4) is 0 Å². The van der Waals surface area contributed by atoms with E-state index in [0.29, 0.717) is 43.4 Å². The van der Waals surface area contributed by atoms with Crippen LogP contribution in [0.2, 0.25) is 0 Å². The Morgan fingerprint density at radius 3 is 2.78 bits per heavy atom. The number of benzene rings is 1. The zero-order valence-corrected chi connectivity index (χ0v) is 13.1. The van der Waals surface area contributed by atoms with Crippen LogP contribution in [0.1, 0.15) is 27.3 Å². The minimum absolute atomic E-state index is 0.164. The number of carbonyl (C=O) groups is 1. The maximum Gasteiger partial charge on any atom is 0.252 e. The maximum atomic E-state index is 12.4. The first-order chi connectivity index (χ1) is 11.2. The molecule has 122 valence electrons. The fourth-order valence-electron chi connectivity index (χ4n) is 2.43. The van der Waals surface area contributed by atoms with Crippen molar-refractivity contribution in [3.63, 3.8) is 0 Å². The van der Waals surface area contributed by atoms with Gasteiger partial charge in [0.05, 0.1) is 24.5 Å². The van der Waals surface area contributed by atoms with Gasteiger partial charge in [-0.05, 0) is 30.7 Å².